The van der Waals surface area contributed by atoms with Crippen LogP contribution in [0.3, 0.4) is 0 Å². The van der Waals surface area contributed by atoms with Gasteiger partial charge in [-0.25, -0.2) is 13.2 Å². The molecule has 1 aromatic carbocycles. The van der Waals surface area contributed by atoms with E-state index in [0.29, 0.717) is 24.5 Å². The molecule has 8 nitrogen and oxygen atoms in total. The molecule has 0 radical (unpaired) electrons. The number of ether oxygens (including phenoxy) is 3. The molecule has 2 aliphatic heterocycles. The Balaban J connectivity index is 1.59. The summed E-state index contributed by atoms with van der Waals surface area (Å²) in [4.78, 5) is 26.7. The molecule has 160 valence electrons. The molecule has 0 aliphatic carbocycles. The minimum Gasteiger partial charge on any atom is -0.482 e. The zero-order valence-electron chi connectivity index (χ0n) is 16.7. The Labute approximate surface area is 171 Å². The molecule has 2 aliphatic rings. The van der Waals surface area contributed by atoms with Gasteiger partial charge < -0.3 is 19.1 Å². The van der Waals surface area contributed by atoms with Gasteiger partial charge in [0.2, 0.25) is 6.10 Å². The van der Waals surface area contributed by atoms with Gasteiger partial charge in [0.05, 0.1) is 11.5 Å². The summed E-state index contributed by atoms with van der Waals surface area (Å²) in [6.07, 6.45) is 0.494. The molecule has 1 amide bonds. The van der Waals surface area contributed by atoms with Gasteiger partial charge in [-0.05, 0) is 31.9 Å². The molecule has 0 saturated carbocycles. The Morgan fingerprint density at radius 1 is 1.21 bits per heavy atom. The maximum atomic E-state index is 12.7. The van der Waals surface area contributed by atoms with Crippen molar-refractivity contribution in [3.05, 3.63) is 24.3 Å². The number of hydrogen-bond donors (Lipinski definition) is 0. The van der Waals surface area contributed by atoms with Gasteiger partial charge in [-0.1, -0.05) is 25.5 Å². The number of benzene rings is 1. The molecule has 1 aromatic rings. The second-order valence-electron chi connectivity index (χ2n) is 7.41. The third-order valence-electron chi connectivity index (χ3n) is 5.13. The summed E-state index contributed by atoms with van der Waals surface area (Å²) in [5.74, 6) is -0.0390. The fraction of sp³-hybridized carbons (Fsp3) is 0.600. The van der Waals surface area contributed by atoms with Crippen LogP contribution in [0.25, 0.3) is 0 Å². The van der Waals surface area contributed by atoms with Crippen LogP contribution in [0.1, 0.15) is 33.1 Å². The largest absolute Gasteiger partial charge is 0.482 e. The van der Waals surface area contributed by atoms with Crippen LogP contribution in [0.2, 0.25) is 0 Å². The van der Waals surface area contributed by atoms with Crippen molar-refractivity contribution >= 4 is 21.7 Å². The molecule has 0 spiro atoms. The van der Waals surface area contributed by atoms with E-state index in [1.165, 1.54) is 4.90 Å². The average Bonchev–Trinajstić information content (AvgIpc) is 3.05. The van der Waals surface area contributed by atoms with Crippen molar-refractivity contribution in [2.45, 2.75) is 51.4 Å². The number of rotatable bonds is 7. The van der Waals surface area contributed by atoms with E-state index in [1.54, 1.807) is 31.2 Å². The Morgan fingerprint density at radius 2 is 1.90 bits per heavy atom. The number of unbranched alkanes of at least 4 members (excludes halogenated alkanes) is 1. The molecule has 0 aromatic heterocycles. The highest BCUT2D eigenvalue weighted by Gasteiger charge is 2.37. The number of carbonyl (C=O) groups excluding carboxylic acids is 2. The molecule has 0 N–H and O–H groups in total. The van der Waals surface area contributed by atoms with Gasteiger partial charge >= 0.3 is 5.97 Å². The van der Waals surface area contributed by atoms with Crippen LogP contribution in [0.5, 0.6) is 11.5 Å². The Bertz CT molecular complexity index is 854. The first kappa shape index (κ1) is 21.4. The van der Waals surface area contributed by atoms with Crippen LogP contribution < -0.4 is 9.47 Å². The third-order valence-corrected chi connectivity index (χ3v) is 6.88. The van der Waals surface area contributed by atoms with Crippen molar-refractivity contribution in [1.82, 2.24) is 4.90 Å². The second kappa shape index (κ2) is 9.02. The smallest absolute Gasteiger partial charge is 0.351 e. The predicted octanol–water partition coefficient (Wildman–Crippen LogP) is 1.57. The zero-order valence-corrected chi connectivity index (χ0v) is 17.5. The van der Waals surface area contributed by atoms with Crippen molar-refractivity contribution < 1.29 is 32.2 Å². The van der Waals surface area contributed by atoms with Crippen molar-refractivity contribution in [3.8, 4) is 11.5 Å². The van der Waals surface area contributed by atoms with Crippen LogP contribution in [0, 0.1) is 0 Å². The van der Waals surface area contributed by atoms with E-state index in [4.69, 9.17) is 14.2 Å². The molecular formula is C20H27NO7S. The average molecular weight is 426 g/mol. The molecular weight excluding hydrogens is 398 g/mol. The summed E-state index contributed by atoms with van der Waals surface area (Å²) in [7, 11) is -3.12. The molecule has 29 heavy (non-hydrogen) atoms. The lowest BCUT2D eigenvalue weighted by molar-refractivity contribution is -0.163. The zero-order chi connectivity index (χ0) is 21.0. The topological polar surface area (TPSA) is 99.2 Å². The summed E-state index contributed by atoms with van der Waals surface area (Å²) in [5.41, 5.74) is 0. The predicted molar refractivity (Wildman–Crippen MR) is 106 cm³/mol. The third kappa shape index (κ3) is 5.20. The maximum absolute atomic E-state index is 12.7. The van der Waals surface area contributed by atoms with E-state index in [9.17, 15) is 18.0 Å². The van der Waals surface area contributed by atoms with Crippen LogP contribution in [0.4, 0.5) is 0 Å². The minimum absolute atomic E-state index is 0.0379. The molecule has 2 heterocycles. The number of sulfone groups is 1. The minimum atomic E-state index is -3.12. The highest BCUT2D eigenvalue weighted by Crippen LogP contribution is 2.33. The van der Waals surface area contributed by atoms with Gasteiger partial charge in [-0.2, -0.15) is 0 Å². The van der Waals surface area contributed by atoms with Crippen molar-refractivity contribution in [2.75, 3.05) is 24.7 Å². The first-order chi connectivity index (χ1) is 13.8. The van der Waals surface area contributed by atoms with E-state index in [0.717, 1.165) is 12.8 Å². The summed E-state index contributed by atoms with van der Waals surface area (Å²) < 4.78 is 40.2. The molecule has 1 saturated heterocycles. The van der Waals surface area contributed by atoms with E-state index in [2.05, 4.69) is 0 Å². The van der Waals surface area contributed by atoms with Crippen LogP contribution >= 0.6 is 0 Å². The fourth-order valence-corrected chi connectivity index (χ4v) is 5.27. The molecule has 1 fully saturated rings. The number of esters is 1. The number of fused-ring (bicyclic) bond motifs is 1. The first-order valence-electron chi connectivity index (χ1n) is 9.89. The van der Waals surface area contributed by atoms with Crippen molar-refractivity contribution in [2.24, 2.45) is 0 Å². The number of carbonyl (C=O) groups is 2. The van der Waals surface area contributed by atoms with Gasteiger partial charge in [0.25, 0.3) is 5.91 Å². The van der Waals surface area contributed by atoms with Gasteiger partial charge in [0.1, 0.15) is 6.10 Å². The Kier molecular flexibility index (Phi) is 6.66. The standard InChI is InChI=1S/C20H27NO7S/c1-3-4-10-21(15-9-11-29(24,25)13-15)18(22)12-26-20(23)19-14(2)27-16-7-5-6-8-17(16)28-19/h5-8,14-15,19H,3-4,9-13H2,1-2H3. The van der Waals surface area contributed by atoms with E-state index in [1.807, 2.05) is 6.92 Å². The number of hydrogen-bond acceptors (Lipinski definition) is 7. The van der Waals surface area contributed by atoms with Gasteiger partial charge in [-0.3, -0.25) is 4.79 Å². The number of para-hydroxylation sites is 2. The Morgan fingerprint density at radius 3 is 2.52 bits per heavy atom. The first-order valence-corrected chi connectivity index (χ1v) is 11.7. The lowest BCUT2D eigenvalue weighted by Crippen LogP contribution is -2.47. The van der Waals surface area contributed by atoms with Crippen LogP contribution in [-0.2, 0) is 24.2 Å². The summed E-state index contributed by atoms with van der Waals surface area (Å²) >= 11 is 0. The number of amides is 1. The monoisotopic (exact) mass is 425 g/mol. The van der Waals surface area contributed by atoms with E-state index in [-0.39, 0.29) is 17.5 Å². The summed E-state index contributed by atoms with van der Waals surface area (Å²) in [5, 5.41) is 0. The van der Waals surface area contributed by atoms with Gasteiger partial charge in [0, 0.05) is 12.6 Å². The van der Waals surface area contributed by atoms with Gasteiger partial charge in [0.15, 0.2) is 27.9 Å². The SMILES string of the molecule is CCCCN(C(=O)COC(=O)C1Oc2ccccc2OC1C)C1CCS(=O)(=O)C1. The molecule has 9 heteroatoms. The normalized spacial score (nSPS) is 24.7. The van der Waals surface area contributed by atoms with Crippen LogP contribution in [0.15, 0.2) is 24.3 Å². The second-order valence-corrected chi connectivity index (χ2v) is 9.64. The van der Waals surface area contributed by atoms with Crippen molar-refractivity contribution in [1.29, 1.82) is 0 Å². The molecule has 0 bridgehead atoms. The Hall–Kier alpha value is -2.29. The highest BCUT2D eigenvalue weighted by molar-refractivity contribution is 7.91. The number of nitrogens with zero attached hydrogens (tertiary/aromatic N) is 1. The molecule has 3 atom stereocenters. The molecule has 3 unspecified atom stereocenters. The lowest BCUT2D eigenvalue weighted by Gasteiger charge is -2.31. The lowest BCUT2D eigenvalue weighted by atomic mass is 10.2. The fourth-order valence-electron chi connectivity index (χ4n) is 3.54. The maximum Gasteiger partial charge on any atom is 0.351 e. The van der Waals surface area contributed by atoms with Gasteiger partial charge in [-0.15, -0.1) is 0 Å². The summed E-state index contributed by atoms with van der Waals surface area (Å²) in [6, 6.07) is 6.65. The highest BCUT2D eigenvalue weighted by atomic mass is 32.2. The molecule has 3 rings (SSSR count). The van der Waals surface area contributed by atoms with Crippen molar-refractivity contribution in [3.63, 3.8) is 0 Å². The van der Waals surface area contributed by atoms with Crippen LogP contribution in [-0.4, -0.2) is 68.1 Å². The van der Waals surface area contributed by atoms with E-state index < -0.39 is 40.5 Å². The summed E-state index contributed by atoms with van der Waals surface area (Å²) in [6.45, 7) is 3.68. The van der Waals surface area contributed by atoms with E-state index >= 15 is 0 Å². The quantitative estimate of drug-likeness (QED) is 0.612.